The molecule has 1 aromatic rings. The molecule has 12 heavy (non-hydrogen) atoms. The molecule has 0 atom stereocenters. The summed E-state index contributed by atoms with van der Waals surface area (Å²) >= 11 is 0. The van der Waals surface area contributed by atoms with E-state index >= 15 is 0 Å². The lowest BCUT2D eigenvalue weighted by Crippen LogP contribution is -1.96. The van der Waals surface area contributed by atoms with E-state index in [1.165, 1.54) is 6.20 Å². The summed E-state index contributed by atoms with van der Waals surface area (Å²) in [6.07, 6.45) is 2.95. The minimum Gasteiger partial charge on any atom is -0.512 e. The maximum absolute atomic E-state index is 11.1. The molecule has 0 unspecified atom stereocenters. The molecule has 0 aromatic carbocycles. The number of rotatable bonds is 3. The molecule has 0 fully saturated rings. The van der Waals surface area contributed by atoms with Crippen LogP contribution in [0.2, 0.25) is 0 Å². The molecule has 0 saturated heterocycles. The molecule has 5 nitrogen and oxygen atoms in total. The van der Waals surface area contributed by atoms with Crippen molar-refractivity contribution < 1.29 is 9.90 Å². The van der Waals surface area contributed by atoms with E-state index in [4.69, 9.17) is 5.11 Å². The molecule has 0 aliphatic rings. The standard InChI is InChI=1S/C7H9N3O2/c1-2-5(11)3-7(12)6-4-8-10-9-6/h3-4,11H,2H2,1H3,(H,8,9,10). The van der Waals surface area contributed by atoms with Gasteiger partial charge in [0.05, 0.1) is 12.0 Å². The summed E-state index contributed by atoms with van der Waals surface area (Å²) in [4.78, 5) is 11.1. The summed E-state index contributed by atoms with van der Waals surface area (Å²) in [6, 6.07) is 0. The zero-order chi connectivity index (χ0) is 8.97. The maximum Gasteiger partial charge on any atom is 0.211 e. The Morgan fingerprint density at radius 2 is 2.58 bits per heavy atom. The first-order valence-corrected chi connectivity index (χ1v) is 3.54. The second-order valence-electron chi connectivity index (χ2n) is 2.21. The van der Waals surface area contributed by atoms with Gasteiger partial charge in [0, 0.05) is 12.5 Å². The molecule has 0 radical (unpaired) electrons. The van der Waals surface area contributed by atoms with Crippen LogP contribution in [0.25, 0.3) is 0 Å². The molecule has 0 amide bonds. The molecule has 2 N–H and O–H groups in total. The fourth-order valence-electron chi connectivity index (χ4n) is 0.649. The van der Waals surface area contributed by atoms with Crippen molar-refractivity contribution in [3.05, 3.63) is 23.7 Å². The first-order valence-electron chi connectivity index (χ1n) is 3.54. The van der Waals surface area contributed by atoms with Crippen LogP contribution >= 0.6 is 0 Å². The van der Waals surface area contributed by atoms with Crippen molar-refractivity contribution in [1.82, 2.24) is 15.4 Å². The van der Waals surface area contributed by atoms with Gasteiger partial charge >= 0.3 is 0 Å². The fourth-order valence-corrected chi connectivity index (χ4v) is 0.649. The normalized spacial score (nSPS) is 11.6. The van der Waals surface area contributed by atoms with Crippen molar-refractivity contribution in [2.24, 2.45) is 0 Å². The average molecular weight is 167 g/mol. The van der Waals surface area contributed by atoms with Crippen molar-refractivity contribution in [2.45, 2.75) is 13.3 Å². The van der Waals surface area contributed by atoms with Gasteiger partial charge in [-0.3, -0.25) is 9.89 Å². The summed E-state index contributed by atoms with van der Waals surface area (Å²) in [6.45, 7) is 1.75. The van der Waals surface area contributed by atoms with Crippen LogP contribution in [0, 0.1) is 0 Å². The predicted molar refractivity (Wildman–Crippen MR) is 41.7 cm³/mol. The lowest BCUT2D eigenvalue weighted by Gasteiger charge is -1.90. The molecule has 64 valence electrons. The summed E-state index contributed by atoms with van der Waals surface area (Å²) in [5.74, 6) is -0.300. The van der Waals surface area contributed by atoms with Gasteiger partial charge in [-0.1, -0.05) is 12.1 Å². The number of H-pyrrole nitrogens is 1. The van der Waals surface area contributed by atoms with Gasteiger partial charge in [0.25, 0.3) is 0 Å². The number of aromatic amines is 1. The Bertz CT molecular complexity index is 290. The zero-order valence-electron chi connectivity index (χ0n) is 6.61. The highest BCUT2D eigenvalue weighted by atomic mass is 16.3. The number of allylic oxidation sites excluding steroid dienone is 2. The first-order chi connectivity index (χ1) is 5.74. The summed E-state index contributed by atoms with van der Waals surface area (Å²) < 4.78 is 0. The summed E-state index contributed by atoms with van der Waals surface area (Å²) in [7, 11) is 0. The minimum atomic E-state index is -0.344. The molecule has 1 heterocycles. The van der Waals surface area contributed by atoms with E-state index in [0.29, 0.717) is 6.42 Å². The number of hydrogen-bond acceptors (Lipinski definition) is 4. The second-order valence-corrected chi connectivity index (χ2v) is 2.21. The highest BCUT2D eigenvalue weighted by Crippen LogP contribution is 1.99. The molecule has 1 aromatic heterocycles. The van der Waals surface area contributed by atoms with E-state index < -0.39 is 0 Å². The summed E-state index contributed by atoms with van der Waals surface area (Å²) in [5, 5.41) is 18.3. The number of carbonyl (C=O) groups is 1. The Labute approximate surface area is 69.1 Å². The van der Waals surface area contributed by atoms with Gasteiger partial charge in [0.1, 0.15) is 0 Å². The van der Waals surface area contributed by atoms with Crippen LogP contribution < -0.4 is 0 Å². The average Bonchev–Trinajstić information content (AvgIpc) is 2.56. The smallest absolute Gasteiger partial charge is 0.211 e. The molecule has 0 saturated carbocycles. The van der Waals surface area contributed by atoms with Crippen LogP contribution in [-0.2, 0) is 0 Å². The largest absolute Gasteiger partial charge is 0.512 e. The molecular formula is C7H9N3O2. The Morgan fingerprint density at radius 3 is 3.08 bits per heavy atom. The van der Waals surface area contributed by atoms with Gasteiger partial charge in [0.2, 0.25) is 5.78 Å². The molecule has 0 bridgehead atoms. The number of nitrogens with one attached hydrogen (secondary N) is 1. The number of nitrogens with zero attached hydrogens (tertiary/aromatic N) is 2. The van der Waals surface area contributed by atoms with E-state index in [1.807, 2.05) is 0 Å². The summed E-state index contributed by atoms with van der Waals surface area (Å²) in [5.41, 5.74) is 0.204. The van der Waals surface area contributed by atoms with Crippen LogP contribution in [-0.4, -0.2) is 26.3 Å². The molecule has 1 rings (SSSR count). The lowest BCUT2D eigenvalue weighted by molar-refractivity contribution is 0.103. The third kappa shape index (κ3) is 1.91. The van der Waals surface area contributed by atoms with Crippen molar-refractivity contribution in [2.75, 3.05) is 0 Å². The van der Waals surface area contributed by atoms with E-state index in [2.05, 4.69) is 15.4 Å². The van der Waals surface area contributed by atoms with Crippen LogP contribution in [0.3, 0.4) is 0 Å². The molecular weight excluding hydrogens is 158 g/mol. The van der Waals surface area contributed by atoms with Crippen molar-refractivity contribution in [3.8, 4) is 0 Å². The predicted octanol–water partition coefficient (Wildman–Crippen LogP) is 0.839. The van der Waals surface area contributed by atoms with E-state index in [-0.39, 0.29) is 17.2 Å². The lowest BCUT2D eigenvalue weighted by atomic mass is 10.2. The van der Waals surface area contributed by atoms with Crippen molar-refractivity contribution in [3.63, 3.8) is 0 Å². The number of aromatic nitrogens is 3. The van der Waals surface area contributed by atoms with Crippen molar-refractivity contribution in [1.29, 1.82) is 0 Å². The van der Waals surface area contributed by atoms with Gasteiger partial charge in [-0.2, -0.15) is 0 Å². The third-order valence-corrected chi connectivity index (χ3v) is 1.33. The Balaban J connectivity index is 2.74. The quantitative estimate of drug-likeness (QED) is 0.397. The Morgan fingerprint density at radius 1 is 1.83 bits per heavy atom. The van der Waals surface area contributed by atoms with Crippen LogP contribution in [0.4, 0.5) is 0 Å². The first kappa shape index (κ1) is 8.45. The van der Waals surface area contributed by atoms with Gasteiger partial charge in [0.15, 0.2) is 5.69 Å². The van der Waals surface area contributed by atoms with Crippen LogP contribution in [0.1, 0.15) is 23.8 Å². The Hall–Kier alpha value is -1.65. The van der Waals surface area contributed by atoms with E-state index in [0.717, 1.165) is 6.08 Å². The van der Waals surface area contributed by atoms with E-state index in [9.17, 15) is 4.79 Å². The van der Waals surface area contributed by atoms with Gasteiger partial charge in [-0.05, 0) is 0 Å². The number of ketones is 1. The molecule has 5 heteroatoms. The number of aliphatic hydroxyl groups excluding tert-OH is 1. The minimum absolute atomic E-state index is 0.0444. The molecule has 0 aliphatic carbocycles. The zero-order valence-corrected chi connectivity index (χ0v) is 6.61. The van der Waals surface area contributed by atoms with Crippen molar-refractivity contribution >= 4 is 5.78 Å². The third-order valence-electron chi connectivity index (χ3n) is 1.33. The highest BCUT2D eigenvalue weighted by molar-refractivity contribution is 6.02. The van der Waals surface area contributed by atoms with Gasteiger partial charge in [-0.15, -0.1) is 5.10 Å². The van der Waals surface area contributed by atoms with Crippen LogP contribution in [0.5, 0.6) is 0 Å². The van der Waals surface area contributed by atoms with Gasteiger partial charge in [-0.25, -0.2) is 0 Å². The second kappa shape index (κ2) is 3.66. The number of hydrogen-bond donors (Lipinski definition) is 2. The molecule has 0 aliphatic heterocycles. The molecule has 0 spiro atoms. The fraction of sp³-hybridized carbons (Fsp3) is 0.286. The monoisotopic (exact) mass is 167 g/mol. The SMILES string of the molecule is CCC(O)=CC(=O)c1c[nH]nn1. The van der Waals surface area contributed by atoms with E-state index in [1.54, 1.807) is 6.92 Å². The number of carbonyl (C=O) groups excluding carboxylic acids is 1. The Kier molecular flexibility index (Phi) is 2.57. The van der Waals surface area contributed by atoms with Gasteiger partial charge < -0.3 is 5.11 Å². The number of aliphatic hydroxyl groups is 1. The maximum atomic E-state index is 11.1. The highest BCUT2D eigenvalue weighted by Gasteiger charge is 2.05. The van der Waals surface area contributed by atoms with Crippen LogP contribution in [0.15, 0.2) is 18.0 Å². The topological polar surface area (TPSA) is 78.9 Å².